The van der Waals surface area contributed by atoms with Crippen LogP contribution in [0.1, 0.15) is 31.9 Å². The molecule has 0 unspecified atom stereocenters. The van der Waals surface area contributed by atoms with E-state index in [0.717, 1.165) is 26.8 Å². The van der Waals surface area contributed by atoms with Crippen LogP contribution in [-0.4, -0.2) is 4.98 Å². The highest BCUT2D eigenvalue weighted by atomic mass is 79.9. The molecule has 0 aliphatic carbocycles. The molecule has 0 amide bonds. The number of nitrogens with one attached hydrogen (secondary N) is 1. The predicted octanol–water partition coefficient (Wildman–Crippen LogP) is 3.89. The molecule has 0 fully saturated rings. The molecule has 3 N–H and O–H groups in total. The first-order valence-electron chi connectivity index (χ1n) is 5.91. The molecule has 4 heteroatoms. The van der Waals surface area contributed by atoms with Crippen LogP contribution in [0.5, 0.6) is 0 Å². The third-order valence-corrected chi connectivity index (χ3v) is 3.57. The van der Waals surface area contributed by atoms with E-state index < -0.39 is 0 Å². The Morgan fingerprint density at radius 1 is 1.22 bits per heavy atom. The van der Waals surface area contributed by atoms with Gasteiger partial charge in [-0.1, -0.05) is 20.8 Å². The number of halogens is 1. The van der Waals surface area contributed by atoms with Gasteiger partial charge in [0.15, 0.2) is 0 Å². The van der Waals surface area contributed by atoms with Gasteiger partial charge < -0.3 is 5.43 Å². The minimum Gasteiger partial charge on any atom is -0.308 e. The molecule has 0 aliphatic heterocycles. The molecule has 3 nitrogen and oxygen atoms in total. The van der Waals surface area contributed by atoms with Crippen LogP contribution in [0.15, 0.2) is 22.7 Å². The summed E-state index contributed by atoms with van der Waals surface area (Å²) in [5, 5.41) is 1.13. The number of nitrogen functional groups attached to an aromatic ring is 1. The van der Waals surface area contributed by atoms with Gasteiger partial charge in [-0.2, -0.15) is 0 Å². The largest absolute Gasteiger partial charge is 0.308 e. The fourth-order valence-electron chi connectivity index (χ4n) is 2.07. The van der Waals surface area contributed by atoms with Gasteiger partial charge in [0.1, 0.15) is 5.82 Å². The lowest BCUT2D eigenvalue weighted by Crippen LogP contribution is -2.19. The van der Waals surface area contributed by atoms with Crippen LogP contribution in [-0.2, 0) is 5.41 Å². The van der Waals surface area contributed by atoms with Crippen LogP contribution >= 0.6 is 15.9 Å². The number of benzene rings is 1. The van der Waals surface area contributed by atoms with E-state index in [2.05, 4.69) is 72.2 Å². The molecule has 0 atom stereocenters. The molecule has 0 saturated carbocycles. The van der Waals surface area contributed by atoms with Crippen molar-refractivity contribution in [2.45, 2.75) is 33.1 Å². The standard InChI is InChI=1S/C14H18BrN3/c1-8-5-9-7-10(14(2,3)4)13(18-16)17-12(9)11(15)6-8/h5-7H,16H2,1-4H3,(H,17,18). The second kappa shape index (κ2) is 4.52. The van der Waals surface area contributed by atoms with E-state index in [4.69, 9.17) is 5.84 Å². The highest BCUT2D eigenvalue weighted by Crippen LogP contribution is 2.33. The summed E-state index contributed by atoms with van der Waals surface area (Å²) in [4.78, 5) is 4.62. The quantitative estimate of drug-likeness (QED) is 0.621. The number of fused-ring (bicyclic) bond motifs is 1. The summed E-state index contributed by atoms with van der Waals surface area (Å²) < 4.78 is 0.995. The zero-order valence-electron chi connectivity index (χ0n) is 11.1. The maximum Gasteiger partial charge on any atom is 0.144 e. The molecular weight excluding hydrogens is 290 g/mol. The number of anilines is 1. The van der Waals surface area contributed by atoms with Crippen molar-refractivity contribution in [1.29, 1.82) is 0 Å². The lowest BCUT2D eigenvalue weighted by atomic mass is 9.86. The van der Waals surface area contributed by atoms with E-state index in [1.54, 1.807) is 0 Å². The van der Waals surface area contributed by atoms with E-state index in [-0.39, 0.29) is 5.41 Å². The zero-order chi connectivity index (χ0) is 13.5. The molecule has 18 heavy (non-hydrogen) atoms. The third-order valence-electron chi connectivity index (χ3n) is 2.96. The van der Waals surface area contributed by atoms with Crippen molar-refractivity contribution in [3.8, 4) is 0 Å². The van der Waals surface area contributed by atoms with Crippen LogP contribution in [0.3, 0.4) is 0 Å². The number of nitrogens with two attached hydrogens (primary N) is 1. The number of hydrazine groups is 1. The van der Waals surface area contributed by atoms with E-state index in [1.807, 2.05) is 0 Å². The molecule has 0 saturated heterocycles. The summed E-state index contributed by atoms with van der Waals surface area (Å²) in [7, 11) is 0. The summed E-state index contributed by atoms with van der Waals surface area (Å²) >= 11 is 3.55. The predicted molar refractivity (Wildman–Crippen MR) is 80.7 cm³/mol. The number of hydrogen-bond acceptors (Lipinski definition) is 3. The van der Waals surface area contributed by atoms with Crippen molar-refractivity contribution in [2.24, 2.45) is 5.84 Å². The van der Waals surface area contributed by atoms with Gasteiger partial charge in [0.25, 0.3) is 0 Å². The number of nitrogens with zero attached hydrogens (tertiary/aromatic N) is 1. The number of pyridine rings is 1. The molecule has 1 aromatic heterocycles. The van der Waals surface area contributed by atoms with Crippen molar-refractivity contribution in [2.75, 3.05) is 5.43 Å². The molecule has 0 aliphatic rings. The maximum absolute atomic E-state index is 5.59. The van der Waals surface area contributed by atoms with E-state index >= 15 is 0 Å². The van der Waals surface area contributed by atoms with Gasteiger partial charge in [0, 0.05) is 15.4 Å². The average Bonchev–Trinajstić information content (AvgIpc) is 2.26. The van der Waals surface area contributed by atoms with E-state index in [1.165, 1.54) is 5.56 Å². The SMILES string of the molecule is Cc1cc(Br)c2nc(NN)c(C(C)(C)C)cc2c1. The first-order chi connectivity index (χ1) is 8.32. The van der Waals surface area contributed by atoms with Crippen molar-refractivity contribution in [1.82, 2.24) is 4.98 Å². The van der Waals surface area contributed by atoms with Gasteiger partial charge in [0.05, 0.1) is 5.52 Å². The number of aromatic nitrogens is 1. The number of rotatable bonds is 1. The summed E-state index contributed by atoms with van der Waals surface area (Å²) in [5.74, 6) is 6.33. The second-order valence-electron chi connectivity index (χ2n) is 5.60. The molecular formula is C14H18BrN3. The maximum atomic E-state index is 5.59. The fraction of sp³-hybridized carbons (Fsp3) is 0.357. The third kappa shape index (κ3) is 2.35. The van der Waals surface area contributed by atoms with Crippen molar-refractivity contribution >= 4 is 32.7 Å². The fourth-order valence-corrected chi connectivity index (χ4v) is 2.75. The molecule has 0 spiro atoms. The summed E-state index contributed by atoms with van der Waals surface area (Å²) in [6.07, 6.45) is 0. The Morgan fingerprint density at radius 3 is 2.44 bits per heavy atom. The Morgan fingerprint density at radius 2 is 1.89 bits per heavy atom. The molecule has 1 heterocycles. The monoisotopic (exact) mass is 307 g/mol. The lowest BCUT2D eigenvalue weighted by Gasteiger charge is -2.22. The lowest BCUT2D eigenvalue weighted by molar-refractivity contribution is 0.590. The van der Waals surface area contributed by atoms with Crippen molar-refractivity contribution in [3.63, 3.8) is 0 Å². The number of hydrogen-bond donors (Lipinski definition) is 2. The molecule has 96 valence electrons. The molecule has 2 aromatic rings. The Bertz CT molecular complexity index is 600. The Kier molecular flexibility index (Phi) is 3.34. The summed E-state index contributed by atoms with van der Waals surface area (Å²) in [6, 6.07) is 6.37. The minimum absolute atomic E-state index is 0.000877. The smallest absolute Gasteiger partial charge is 0.144 e. The van der Waals surface area contributed by atoms with Gasteiger partial charge in [0.2, 0.25) is 0 Å². The Hall–Kier alpha value is -1.13. The molecule has 0 bridgehead atoms. The van der Waals surface area contributed by atoms with Crippen molar-refractivity contribution < 1.29 is 0 Å². The average molecular weight is 308 g/mol. The molecule has 1 aromatic carbocycles. The van der Waals surface area contributed by atoms with Crippen LogP contribution < -0.4 is 11.3 Å². The van der Waals surface area contributed by atoms with Gasteiger partial charge in [-0.05, 0) is 52.0 Å². The van der Waals surface area contributed by atoms with Crippen LogP contribution in [0.4, 0.5) is 5.82 Å². The topological polar surface area (TPSA) is 50.9 Å². The summed E-state index contributed by atoms with van der Waals surface area (Å²) in [5.41, 5.74) is 5.97. The van der Waals surface area contributed by atoms with E-state index in [9.17, 15) is 0 Å². The van der Waals surface area contributed by atoms with Gasteiger partial charge in [-0.3, -0.25) is 0 Å². The molecule has 2 rings (SSSR count). The minimum atomic E-state index is -0.000877. The van der Waals surface area contributed by atoms with Gasteiger partial charge in [-0.15, -0.1) is 0 Å². The normalized spacial score (nSPS) is 11.9. The van der Waals surface area contributed by atoms with Crippen LogP contribution in [0.25, 0.3) is 10.9 Å². The van der Waals surface area contributed by atoms with Gasteiger partial charge >= 0.3 is 0 Å². The van der Waals surface area contributed by atoms with Crippen molar-refractivity contribution in [3.05, 3.63) is 33.8 Å². The Labute approximate surface area is 116 Å². The zero-order valence-corrected chi connectivity index (χ0v) is 12.7. The number of aryl methyl sites for hydroxylation is 1. The molecule has 0 radical (unpaired) electrons. The summed E-state index contributed by atoms with van der Waals surface area (Å²) in [6.45, 7) is 8.54. The first-order valence-corrected chi connectivity index (χ1v) is 6.70. The Balaban J connectivity index is 2.81. The van der Waals surface area contributed by atoms with Crippen LogP contribution in [0.2, 0.25) is 0 Å². The van der Waals surface area contributed by atoms with E-state index in [0.29, 0.717) is 0 Å². The van der Waals surface area contributed by atoms with Gasteiger partial charge in [-0.25, -0.2) is 10.8 Å². The highest BCUT2D eigenvalue weighted by Gasteiger charge is 2.20. The van der Waals surface area contributed by atoms with Crippen LogP contribution in [0, 0.1) is 6.92 Å². The second-order valence-corrected chi connectivity index (χ2v) is 6.45. The first kappa shape index (κ1) is 13.3. The highest BCUT2D eigenvalue weighted by molar-refractivity contribution is 9.10.